The maximum absolute atomic E-state index is 13.5. The lowest BCUT2D eigenvalue weighted by Gasteiger charge is -2.24. The average Bonchev–Trinajstić information content (AvgIpc) is 3.52. The summed E-state index contributed by atoms with van der Waals surface area (Å²) in [7, 11) is 1.49. The molecule has 3 aromatic rings. The van der Waals surface area contributed by atoms with Gasteiger partial charge in [0, 0.05) is 17.9 Å². The van der Waals surface area contributed by atoms with E-state index in [0.717, 1.165) is 42.5 Å². The van der Waals surface area contributed by atoms with Gasteiger partial charge in [0.1, 0.15) is 13.2 Å². The van der Waals surface area contributed by atoms with Gasteiger partial charge in [-0.3, -0.25) is 4.79 Å². The highest BCUT2D eigenvalue weighted by Gasteiger charge is 2.39. The summed E-state index contributed by atoms with van der Waals surface area (Å²) in [6.07, 6.45) is 3.60. The summed E-state index contributed by atoms with van der Waals surface area (Å²) < 4.78 is 5.61. The molecule has 1 saturated carbocycles. The quantitative estimate of drug-likeness (QED) is 0.568. The Morgan fingerprint density at radius 1 is 1.09 bits per heavy atom. The van der Waals surface area contributed by atoms with E-state index in [0.29, 0.717) is 30.2 Å². The van der Waals surface area contributed by atoms with Crippen molar-refractivity contribution < 1.29 is 19.3 Å². The molecule has 0 radical (unpaired) electrons. The molecule has 1 N–H and O–H groups in total. The van der Waals surface area contributed by atoms with Crippen molar-refractivity contribution >= 4 is 11.6 Å². The lowest BCUT2D eigenvalue weighted by atomic mass is 9.86. The SMILES string of the molecule is CO/N=C1\C[C@@H](c2nc([C@@H]3CCCC[C@H]3O)no2)N(C(=O)c2ccc(-c3ccccc3)cc2)C1. The number of rotatable bonds is 5. The van der Waals surface area contributed by atoms with E-state index in [1.54, 1.807) is 4.90 Å². The highest BCUT2D eigenvalue weighted by Crippen LogP contribution is 2.35. The number of oxime groups is 1. The predicted molar refractivity (Wildman–Crippen MR) is 126 cm³/mol. The molecule has 2 fully saturated rings. The molecule has 8 nitrogen and oxygen atoms in total. The Balaban J connectivity index is 1.39. The van der Waals surface area contributed by atoms with Gasteiger partial charge in [0.15, 0.2) is 5.82 Å². The van der Waals surface area contributed by atoms with Crippen LogP contribution in [0.25, 0.3) is 11.1 Å². The van der Waals surface area contributed by atoms with Gasteiger partial charge in [0.25, 0.3) is 5.91 Å². The largest absolute Gasteiger partial charge is 0.399 e. The van der Waals surface area contributed by atoms with Gasteiger partial charge >= 0.3 is 0 Å². The summed E-state index contributed by atoms with van der Waals surface area (Å²) in [5, 5.41) is 18.6. The van der Waals surface area contributed by atoms with Crippen molar-refractivity contribution in [3.63, 3.8) is 0 Å². The van der Waals surface area contributed by atoms with E-state index >= 15 is 0 Å². The molecule has 1 aliphatic heterocycles. The minimum absolute atomic E-state index is 0.130. The summed E-state index contributed by atoms with van der Waals surface area (Å²) in [5.41, 5.74) is 3.45. The van der Waals surface area contributed by atoms with Crippen LogP contribution in [0.15, 0.2) is 64.3 Å². The summed E-state index contributed by atoms with van der Waals surface area (Å²) in [6, 6.07) is 17.2. The second-order valence-electron chi connectivity index (χ2n) is 8.89. The maximum atomic E-state index is 13.5. The Bertz CT molecular complexity index is 1160. The van der Waals surface area contributed by atoms with Crippen molar-refractivity contribution in [3.8, 4) is 11.1 Å². The zero-order valence-electron chi connectivity index (χ0n) is 19.1. The van der Waals surface area contributed by atoms with Gasteiger partial charge in [-0.05, 0) is 36.1 Å². The van der Waals surface area contributed by atoms with E-state index in [-0.39, 0.29) is 11.8 Å². The third kappa shape index (κ3) is 4.46. The molecule has 5 rings (SSSR count). The van der Waals surface area contributed by atoms with Crippen LogP contribution < -0.4 is 0 Å². The minimum atomic E-state index is -0.464. The standard InChI is InChI=1S/C26H28N4O4/c1-33-28-20-15-22(25-27-24(29-34-25)21-9-5-6-10-23(21)31)30(16-20)26(32)19-13-11-18(12-14-19)17-7-3-2-4-8-17/h2-4,7-8,11-14,21-23,31H,5-6,9-10,15-16H2,1H3/b28-20+/t21-,22+,23-/m1/s1. The number of amides is 1. The summed E-state index contributed by atoms with van der Waals surface area (Å²) in [5.74, 6) is 0.611. The summed E-state index contributed by atoms with van der Waals surface area (Å²) in [4.78, 5) is 24.8. The number of aliphatic hydroxyl groups is 1. The van der Waals surface area contributed by atoms with E-state index in [4.69, 9.17) is 9.36 Å². The molecule has 176 valence electrons. The first-order valence-electron chi connectivity index (χ1n) is 11.7. The second-order valence-corrected chi connectivity index (χ2v) is 8.89. The molecule has 3 atom stereocenters. The zero-order chi connectivity index (χ0) is 23.5. The minimum Gasteiger partial charge on any atom is -0.399 e. The van der Waals surface area contributed by atoms with Crippen molar-refractivity contribution in [2.24, 2.45) is 5.16 Å². The first-order chi connectivity index (χ1) is 16.6. The molecule has 0 bridgehead atoms. The molecule has 1 aliphatic carbocycles. The number of benzene rings is 2. The van der Waals surface area contributed by atoms with Crippen LogP contribution in [0, 0.1) is 0 Å². The molecular weight excluding hydrogens is 432 g/mol. The third-order valence-electron chi connectivity index (χ3n) is 6.68. The smallest absolute Gasteiger partial charge is 0.254 e. The average molecular weight is 461 g/mol. The van der Waals surface area contributed by atoms with Crippen LogP contribution in [-0.2, 0) is 4.84 Å². The van der Waals surface area contributed by atoms with Gasteiger partial charge in [0.2, 0.25) is 5.89 Å². The lowest BCUT2D eigenvalue weighted by Crippen LogP contribution is -2.31. The van der Waals surface area contributed by atoms with Crippen LogP contribution in [0.4, 0.5) is 0 Å². The van der Waals surface area contributed by atoms with Crippen molar-refractivity contribution in [1.29, 1.82) is 0 Å². The molecule has 1 amide bonds. The Hall–Kier alpha value is -3.52. The molecule has 8 heteroatoms. The van der Waals surface area contributed by atoms with E-state index in [2.05, 4.69) is 15.3 Å². The van der Waals surface area contributed by atoms with E-state index < -0.39 is 12.1 Å². The van der Waals surface area contributed by atoms with Gasteiger partial charge in [-0.15, -0.1) is 0 Å². The Morgan fingerprint density at radius 2 is 1.82 bits per heavy atom. The number of nitrogens with zero attached hydrogens (tertiary/aromatic N) is 4. The lowest BCUT2D eigenvalue weighted by molar-refractivity contribution is 0.0713. The van der Waals surface area contributed by atoms with Crippen molar-refractivity contribution in [1.82, 2.24) is 15.0 Å². The van der Waals surface area contributed by atoms with Gasteiger partial charge < -0.3 is 19.4 Å². The molecule has 34 heavy (non-hydrogen) atoms. The number of aliphatic hydroxyl groups excluding tert-OH is 1. The maximum Gasteiger partial charge on any atom is 0.254 e. The van der Waals surface area contributed by atoms with Gasteiger partial charge in [-0.1, -0.05) is 65.6 Å². The predicted octanol–water partition coefficient (Wildman–Crippen LogP) is 4.34. The first kappa shape index (κ1) is 22.3. The molecule has 0 unspecified atom stereocenters. The fourth-order valence-corrected chi connectivity index (χ4v) is 4.88. The molecule has 2 aromatic carbocycles. The fourth-order valence-electron chi connectivity index (χ4n) is 4.88. The number of hydrogen-bond acceptors (Lipinski definition) is 7. The molecule has 2 heterocycles. The molecule has 0 spiro atoms. The van der Waals surface area contributed by atoms with Crippen LogP contribution in [0.5, 0.6) is 0 Å². The summed E-state index contributed by atoms with van der Waals surface area (Å²) in [6.45, 7) is 0.321. The molecule has 1 saturated heterocycles. The fraction of sp³-hybridized carbons (Fsp3) is 0.385. The number of carbonyl (C=O) groups excluding carboxylic acids is 1. The van der Waals surface area contributed by atoms with Crippen LogP contribution >= 0.6 is 0 Å². The van der Waals surface area contributed by atoms with Crippen LogP contribution in [-0.4, -0.2) is 51.5 Å². The Labute approximate surface area is 198 Å². The topological polar surface area (TPSA) is 101 Å². The highest BCUT2D eigenvalue weighted by atomic mass is 16.6. The van der Waals surface area contributed by atoms with Crippen LogP contribution in [0.3, 0.4) is 0 Å². The molecule has 2 aliphatic rings. The Kier molecular flexibility index (Phi) is 6.40. The summed E-state index contributed by atoms with van der Waals surface area (Å²) >= 11 is 0. The van der Waals surface area contributed by atoms with Crippen molar-refractivity contribution in [2.45, 2.75) is 50.2 Å². The van der Waals surface area contributed by atoms with Crippen molar-refractivity contribution in [2.75, 3.05) is 13.7 Å². The highest BCUT2D eigenvalue weighted by molar-refractivity contribution is 6.00. The van der Waals surface area contributed by atoms with Gasteiger partial charge in [0.05, 0.1) is 18.4 Å². The molecule has 1 aromatic heterocycles. The van der Waals surface area contributed by atoms with Gasteiger partial charge in [-0.2, -0.15) is 4.98 Å². The van der Waals surface area contributed by atoms with Gasteiger partial charge in [-0.25, -0.2) is 0 Å². The number of likely N-dealkylation sites (tertiary alicyclic amines) is 1. The van der Waals surface area contributed by atoms with Crippen molar-refractivity contribution in [3.05, 3.63) is 71.9 Å². The first-order valence-corrected chi connectivity index (χ1v) is 11.7. The monoisotopic (exact) mass is 460 g/mol. The van der Waals surface area contributed by atoms with E-state index in [9.17, 15) is 9.90 Å². The second kappa shape index (κ2) is 9.77. The van der Waals surface area contributed by atoms with Crippen LogP contribution in [0.2, 0.25) is 0 Å². The molecular formula is C26H28N4O4. The number of aromatic nitrogens is 2. The normalized spacial score (nSPS) is 23.9. The number of hydrogen-bond donors (Lipinski definition) is 1. The van der Waals surface area contributed by atoms with Crippen LogP contribution in [0.1, 0.15) is 66.1 Å². The van der Waals surface area contributed by atoms with E-state index in [1.807, 2.05) is 54.6 Å². The Morgan fingerprint density at radius 3 is 2.56 bits per heavy atom. The zero-order valence-corrected chi connectivity index (χ0v) is 19.1. The third-order valence-corrected chi connectivity index (χ3v) is 6.68. The van der Waals surface area contributed by atoms with E-state index in [1.165, 1.54) is 7.11 Å². The number of carbonyl (C=O) groups is 1.